The van der Waals surface area contributed by atoms with Crippen molar-refractivity contribution in [2.75, 3.05) is 20.6 Å². The molecule has 0 fully saturated rings. The van der Waals surface area contributed by atoms with E-state index in [0.717, 1.165) is 10.0 Å². The molecule has 5 heteroatoms. The van der Waals surface area contributed by atoms with Crippen LogP contribution in [0.2, 0.25) is 0 Å². The number of halogens is 1. The summed E-state index contributed by atoms with van der Waals surface area (Å²) in [6.45, 7) is 2.28. The second-order valence-corrected chi connectivity index (χ2v) is 5.23. The molecule has 0 heterocycles. The summed E-state index contributed by atoms with van der Waals surface area (Å²) >= 11 is 3.35. The molecule has 0 aliphatic heterocycles. The lowest BCUT2D eigenvalue weighted by Gasteiger charge is -2.10. The second-order valence-electron chi connectivity index (χ2n) is 4.31. The lowest BCUT2D eigenvalue weighted by Crippen LogP contribution is -2.30. The highest BCUT2D eigenvalue weighted by molar-refractivity contribution is 9.10. The summed E-state index contributed by atoms with van der Waals surface area (Å²) in [6.07, 6.45) is 0.311. The Morgan fingerprint density at radius 3 is 2.50 bits per heavy atom. The third-order valence-corrected chi connectivity index (χ3v) is 2.89. The van der Waals surface area contributed by atoms with E-state index in [1.807, 2.05) is 19.1 Å². The number of aryl methyl sites for hydroxylation is 1. The van der Waals surface area contributed by atoms with Gasteiger partial charge in [-0.05, 0) is 30.7 Å². The molecule has 4 nitrogen and oxygen atoms in total. The van der Waals surface area contributed by atoms with Gasteiger partial charge < -0.3 is 10.2 Å². The van der Waals surface area contributed by atoms with Crippen molar-refractivity contribution in [2.45, 2.75) is 13.3 Å². The first kappa shape index (κ1) is 14.7. The minimum atomic E-state index is -0.161. The minimum Gasteiger partial charge on any atom is -0.352 e. The SMILES string of the molecule is Cc1cc(Br)cc(C(=O)NCCC(=O)N(C)C)c1. The number of hydrogen-bond acceptors (Lipinski definition) is 2. The Hall–Kier alpha value is -1.36. The van der Waals surface area contributed by atoms with Crippen molar-refractivity contribution in [1.82, 2.24) is 10.2 Å². The van der Waals surface area contributed by atoms with Crippen molar-refractivity contribution in [3.8, 4) is 0 Å². The predicted molar refractivity (Wildman–Crippen MR) is 74.5 cm³/mol. The summed E-state index contributed by atoms with van der Waals surface area (Å²) < 4.78 is 0.872. The first-order valence-corrected chi connectivity index (χ1v) is 6.45. The molecule has 1 aromatic rings. The van der Waals surface area contributed by atoms with Gasteiger partial charge in [0.05, 0.1) is 0 Å². The molecule has 2 amide bonds. The molecule has 0 bridgehead atoms. The predicted octanol–water partition coefficient (Wildman–Crippen LogP) is 1.97. The van der Waals surface area contributed by atoms with Gasteiger partial charge >= 0.3 is 0 Å². The van der Waals surface area contributed by atoms with Crippen LogP contribution in [0.3, 0.4) is 0 Å². The standard InChI is InChI=1S/C13H17BrN2O2/c1-9-6-10(8-11(14)7-9)13(18)15-5-4-12(17)16(2)3/h6-8H,4-5H2,1-3H3,(H,15,18). The Morgan fingerprint density at radius 1 is 1.28 bits per heavy atom. The third kappa shape index (κ3) is 4.49. The summed E-state index contributed by atoms with van der Waals surface area (Å²) in [7, 11) is 3.39. The zero-order valence-corrected chi connectivity index (χ0v) is 12.4. The van der Waals surface area contributed by atoms with Gasteiger partial charge in [0.25, 0.3) is 5.91 Å². The molecule has 0 radical (unpaired) electrons. The highest BCUT2D eigenvalue weighted by Crippen LogP contribution is 2.15. The maximum atomic E-state index is 11.8. The molecule has 1 aromatic carbocycles. The number of carbonyl (C=O) groups excluding carboxylic acids is 2. The van der Waals surface area contributed by atoms with E-state index in [-0.39, 0.29) is 11.8 Å². The molecule has 0 spiro atoms. The molecule has 1 rings (SSSR count). The van der Waals surface area contributed by atoms with Crippen molar-refractivity contribution >= 4 is 27.7 Å². The number of carbonyl (C=O) groups is 2. The fraction of sp³-hybridized carbons (Fsp3) is 0.385. The van der Waals surface area contributed by atoms with Gasteiger partial charge in [0.2, 0.25) is 5.91 Å². The third-order valence-electron chi connectivity index (χ3n) is 2.43. The number of hydrogen-bond donors (Lipinski definition) is 1. The molecule has 0 saturated heterocycles. The molecule has 18 heavy (non-hydrogen) atoms. The van der Waals surface area contributed by atoms with Crippen molar-refractivity contribution in [2.24, 2.45) is 0 Å². The maximum Gasteiger partial charge on any atom is 0.251 e. The number of nitrogens with one attached hydrogen (secondary N) is 1. The maximum absolute atomic E-state index is 11.8. The summed E-state index contributed by atoms with van der Waals surface area (Å²) in [4.78, 5) is 24.7. The Kier molecular flexibility index (Phi) is 5.34. The van der Waals surface area contributed by atoms with Crippen LogP contribution in [0.25, 0.3) is 0 Å². The van der Waals surface area contributed by atoms with Crippen LogP contribution in [0.1, 0.15) is 22.3 Å². The lowest BCUT2D eigenvalue weighted by atomic mass is 10.1. The number of rotatable bonds is 4. The Labute approximate surface area is 115 Å². The molecular weight excluding hydrogens is 296 g/mol. The van der Waals surface area contributed by atoms with Gasteiger partial charge in [-0.2, -0.15) is 0 Å². The van der Waals surface area contributed by atoms with Crippen molar-refractivity contribution < 1.29 is 9.59 Å². The molecule has 0 aliphatic rings. The lowest BCUT2D eigenvalue weighted by molar-refractivity contribution is -0.128. The highest BCUT2D eigenvalue weighted by atomic mass is 79.9. The Bertz CT molecular complexity index is 438. The summed E-state index contributed by atoms with van der Waals surface area (Å²) in [5, 5.41) is 2.73. The topological polar surface area (TPSA) is 49.4 Å². The van der Waals surface area contributed by atoms with Gasteiger partial charge in [-0.25, -0.2) is 0 Å². The van der Waals surface area contributed by atoms with Crippen LogP contribution >= 0.6 is 15.9 Å². The molecular formula is C13H17BrN2O2. The molecule has 0 atom stereocenters. The van der Waals surface area contributed by atoms with Crippen LogP contribution in [0.5, 0.6) is 0 Å². The average Bonchev–Trinajstić information content (AvgIpc) is 2.27. The van der Waals surface area contributed by atoms with Gasteiger partial charge in [0.1, 0.15) is 0 Å². The molecule has 98 valence electrons. The van der Waals surface area contributed by atoms with E-state index in [0.29, 0.717) is 18.5 Å². The number of benzene rings is 1. The normalized spacial score (nSPS) is 10.0. The van der Waals surface area contributed by atoms with E-state index in [4.69, 9.17) is 0 Å². The summed E-state index contributed by atoms with van der Waals surface area (Å²) in [6, 6.07) is 5.51. The Balaban J connectivity index is 2.53. The fourth-order valence-electron chi connectivity index (χ4n) is 1.48. The fourth-order valence-corrected chi connectivity index (χ4v) is 2.08. The van der Waals surface area contributed by atoms with Crippen molar-refractivity contribution in [3.63, 3.8) is 0 Å². The zero-order valence-electron chi connectivity index (χ0n) is 10.8. The van der Waals surface area contributed by atoms with Crippen LogP contribution < -0.4 is 5.32 Å². The van der Waals surface area contributed by atoms with Gasteiger partial charge in [-0.15, -0.1) is 0 Å². The molecule has 0 aliphatic carbocycles. The second kappa shape index (κ2) is 6.54. The minimum absolute atomic E-state index is 0.000669. The van der Waals surface area contributed by atoms with E-state index in [2.05, 4.69) is 21.2 Å². The molecule has 0 aromatic heterocycles. The van der Waals surface area contributed by atoms with Crippen LogP contribution in [0.15, 0.2) is 22.7 Å². The first-order valence-electron chi connectivity index (χ1n) is 5.65. The van der Waals surface area contributed by atoms with E-state index in [9.17, 15) is 9.59 Å². The molecule has 1 N–H and O–H groups in total. The van der Waals surface area contributed by atoms with Crippen LogP contribution in [-0.4, -0.2) is 37.4 Å². The average molecular weight is 313 g/mol. The quantitative estimate of drug-likeness (QED) is 0.924. The Morgan fingerprint density at radius 2 is 1.94 bits per heavy atom. The van der Waals surface area contributed by atoms with E-state index in [1.165, 1.54) is 4.90 Å². The van der Waals surface area contributed by atoms with Crippen LogP contribution in [0, 0.1) is 6.92 Å². The van der Waals surface area contributed by atoms with Crippen LogP contribution in [-0.2, 0) is 4.79 Å². The van der Waals surface area contributed by atoms with Crippen LogP contribution in [0.4, 0.5) is 0 Å². The smallest absolute Gasteiger partial charge is 0.251 e. The van der Waals surface area contributed by atoms with Gasteiger partial charge in [-0.3, -0.25) is 9.59 Å². The zero-order chi connectivity index (χ0) is 13.7. The number of amides is 2. The monoisotopic (exact) mass is 312 g/mol. The summed E-state index contributed by atoms with van der Waals surface area (Å²) in [5.74, 6) is -0.160. The summed E-state index contributed by atoms with van der Waals surface area (Å²) in [5.41, 5.74) is 1.61. The van der Waals surface area contributed by atoms with E-state index >= 15 is 0 Å². The van der Waals surface area contributed by atoms with Gasteiger partial charge in [-0.1, -0.05) is 15.9 Å². The highest BCUT2D eigenvalue weighted by Gasteiger charge is 2.08. The largest absolute Gasteiger partial charge is 0.352 e. The van der Waals surface area contributed by atoms with Gasteiger partial charge in [0, 0.05) is 37.1 Å². The van der Waals surface area contributed by atoms with Crippen molar-refractivity contribution in [1.29, 1.82) is 0 Å². The molecule has 0 unspecified atom stereocenters. The van der Waals surface area contributed by atoms with Gasteiger partial charge in [0.15, 0.2) is 0 Å². The van der Waals surface area contributed by atoms with E-state index in [1.54, 1.807) is 20.2 Å². The number of nitrogens with zero attached hydrogens (tertiary/aromatic N) is 1. The van der Waals surface area contributed by atoms with E-state index < -0.39 is 0 Å². The first-order chi connectivity index (χ1) is 8.40. The molecule has 0 saturated carbocycles. The van der Waals surface area contributed by atoms with Crippen molar-refractivity contribution in [3.05, 3.63) is 33.8 Å².